The van der Waals surface area contributed by atoms with Crippen molar-refractivity contribution in [1.29, 1.82) is 0 Å². The van der Waals surface area contributed by atoms with Gasteiger partial charge in [0.25, 0.3) is 0 Å². The van der Waals surface area contributed by atoms with Crippen molar-refractivity contribution in [3.05, 3.63) is 70.2 Å². The fourth-order valence-corrected chi connectivity index (χ4v) is 4.64. The highest BCUT2D eigenvalue weighted by molar-refractivity contribution is 7.98. The Balaban J connectivity index is 1.30. The number of piperidine rings is 1. The second kappa shape index (κ2) is 10.9. The number of rotatable bonds is 8. The van der Waals surface area contributed by atoms with Crippen LogP contribution in [0.3, 0.4) is 0 Å². The van der Waals surface area contributed by atoms with Crippen molar-refractivity contribution in [2.24, 2.45) is 5.92 Å². The van der Waals surface area contributed by atoms with E-state index in [-0.39, 0.29) is 11.8 Å². The summed E-state index contributed by atoms with van der Waals surface area (Å²) in [6, 6.07) is 16.7. The summed E-state index contributed by atoms with van der Waals surface area (Å²) in [5.41, 5.74) is 3.80. The van der Waals surface area contributed by atoms with E-state index in [4.69, 9.17) is 11.6 Å². The van der Waals surface area contributed by atoms with Crippen molar-refractivity contribution < 1.29 is 4.79 Å². The molecule has 0 aromatic heterocycles. The zero-order chi connectivity index (χ0) is 19.8. The molecule has 0 aliphatic carbocycles. The highest BCUT2D eigenvalue weighted by atomic mass is 35.5. The van der Waals surface area contributed by atoms with E-state index in [2.05, 4.69) is 47.5 Å². The number of halogens is 1. The summed E-state index contributed by atoms with van der Waals surface area (Å²) in [4.78, 5) is 14.9. The predicted molar refractivity (Wildman–Crippen MR) is 120 cm³/mol. The van der Waals surface area contributed by atoms with Crippen LogP contribution in [0.15, 0.2) is 48.5 Å². The largest absolute Gasteiger partial charge is 0.355 e. The number of likely N-dealkylation sites (tertiary alicyclic amines) is 1. The fourth-order valence-electron chi connectivity index (χ4n) is 3.49. The maximum absolute atomic E-state index is 12.4. The molecule has 0 saturated carbocycles. The molecule has 1 saturated heterocycles. The highest BCUT2D eigenvalue weighted by Crippen LogP contribution is 2.21. The number of hydrogen-bond acceptors (Lipinski definition) is 3. The molecule has 150 valence electrons. The molecule has 0 unspecified atom stereocenters. The molecule has 3 rings (SSSR count). The number of aryl methyl sites for hydroxylation is 1. The molecule has 1 aliphatic heterocycles. The van der Waals surface area contributed by atoms with Crippen LogP contribution in [0.1, 0.15) is 29.5 Å². The summed E-state index contributed by atoms with van der Waals surface area (Å²) >= 11 is 7.98. The topological polar surface area (TPSA) is 32.3 Å². The minimum Gasteiger partial charge on any atom is -0.355 e. The van der Waals surface area contributed by atoms with Gasteiger partial charge in [0.1, 0.15) is 0 Å². The van der Waals surface area contributed by atoms with Gasteiger partial charge >= 0.3 is 0 Å². The van der Waals surface area contributed by atoms with Crippen molar-refractivity contribution in [2.45, 2.75) is 32.1 Å². The zero-order valence-corrected chi connectivity index (χ0v) is 18.1. The second-order valence-electron chi connectivity index (χ2n) is 7.47. The van der Waals surface area contributed by atoms with Crippen molar-refractivity contribution in [3.8, 4) is 0 Å². The van der Waals surface area contributed by atoms with Gasteiger partial charge in [-0.2, -0.15) is 11.8 Å². The summed E-state index contributed by atoms with van der Waals surface area (Å²) in [6.45, 7) is 5.80. The van der Waals surface area contributed by atoms with Crippen LogP contribution in [0, 0.1) is 12.8 Å². The molecule has 0 bridgehead atoms. The Bertz CT molecular complexity index is 757. The molecule has 2 aromatic rings. The maximum Gasteiger partial charge on any atom is 0.223 e. The molecule has 3 nitrogen and oxygen atoms in total. The smallest absolute Gasteiger partial charge is 0.223 e. The summed E-state index contributed by atoms with van der Waals surface area (Å²) in [5.74, 6) is 2.16. The number of carbonyl (C=O) groups excluding carboxylic acids is 1. The average molecular weight is 417 g/mol. The van der Waals surface area contributed by atoms with E-state index < -0.39 is 0 Å². The molecule has 2 aromatic carbocycles. The maximum atomic E-state index is 12.4. The zero-order valence-electron chi connectivity index (χ0n) is 16.5. The number of hydrogen-bond donors (Lipinski definition) is 1. The average Bonchev–Trinajstić information content (AvgIpc) is 2.71. The molecular weight excluding hydrogens is 388 g/mol. The van der Waals surface area contributed by atoms with Gasteiger partial charge in [-0.05, 0) is 50.0 Å². The molecule has 28 heavy (non-hydrogen) atoms. The van der Waals surface area contributed by atoms with Gasteiger partial charge in [0.15, 0.2) is 0 Å². The molecule has 0 radical (unpaired) electrons. The normalized spacial score (nSPS) is 15.5. The molecular formula is C23H29ClN2OS. The molecule has 0 spiro atoms. The van der Waals surface area contributed by atoms with E-state index >= 15 is 0 Å². The van der Waals surface area contributed by atoms with Crippen LogP contribution in [-0.4, -0.2) is 36.2 Å². The Kier molecular flexibility index (Phi) is 8.26. The summed E-state index contributed by atoms with van der Waals surface area (Å²) < 4.78 is 0. The van der Waals surface area contributed by atoms with Gasteiger partial charge < -0.3 is 5.32 Å². The number of benzene rings is 2. The van der Waals surface area contributed by atoms with Gasteiger partial charge in [0.05, 0.1) is 0 Å². The number of carbonyl (C=O) groups is 1. The highest BCUT2D eigenvalue weighted by Gasteiger charge is 2.24. The van der Waals surface area contributed by atoms with Gasteiger partial charge in [0, 0.05) is 35.5 Å². The molecule has 0 atom stereocenters. The minimum absolute atomic E-state index is 0.155. The lowest BCUT2D eigenvalue weighted by Gasteiger charge is -2.31. The van der Waals surface area contributed by atoms with Crippen LogP contribution >= 0.6 is 23.4 Å². The monoisotopic (exact) mass is 416 g/mol. The van der Waals surface area contributed by atoms with Gasteiger partial charge in [0.2, 0.25) is 5.91 Å². The first-order valence-electron chi connectivity index (χ1n) is 9.98. The predicted octanol–water partition coefficient (Wildman–Crippen LogP) is 4.91. The quantitative estimate of drug-likeness (QED) is 0.620. The van der Waals surface area contributed by atoms with E-state index in [0.29, 0.717) is 0 Å². The Morgan fingerprint density at radius 1 is 1.14 bits per heavy atom. The van der Waals surface area contributed by atoms with Crippen molar-refractivity contribution in [2.75, 3.05) is 25.4 Å². The van der Waals surface area contributed by atoms with E-state index in [0.717, 1.165) is 61.1 Å². The third-order valence-corrected chi connectivity index (χ3v) is 6.62. The van der Waals surface area contributed by atoms with E-state index in [1.54, 1.807) is 11.8 Å². The van der Waals surface area contributed by atoms with Crippen LogP contribution in [0.4, 0.5) is 0 Å². The Morgan fingerprint density at radius 2 is 1.86 bits per heavy atom. The molecule has 1 N–H and O–H groups in total. The third-order valence-electron chi connectivity index (χ3n) is 5.25. The van der Waals surface area contributed by atoms with Crippen molar-refractivity contribution in [3.63, 3.8) is 0 Å². The van der Waals surface area contributed by atoms with Crippen LogP contribution < -0.4 is 5.32 Å². The number of nitrogens with one attached hydrogen (secondary N) is 1. The first-order chi connectivity index (χ1) is 13.6. The minimum atomic E-state index is 0.155. The lowest BCUT2D eigenvalue weighted by molar-refractivity contribution is -0.126. The summed E-state index contributed by atoms with van der Waals surface area (Å²) in [5, 5.41) is 3.93. The summed E-state index contributed by atoms with van der Waals surface area (Å²) in [6.07, 6.45) is 1.90. The van der Waals surface area contributed by atoms with Crippen LogP contribution in [0.25, 0.3) is 0 Å². The van der Waals surface area contributed by atoms with Gasteiger partial charge in [-0.25, -0.2) is 0 Å². The Labute approximate surface area is 177 Å². The number of nitrogens with zero attached hydrogens (tertiary/aromatic N) is 1. The fraction of sp³-hybridized carbons (Fsp3) is 0.435. The first-order valence-corrected chi connectivity index (χ1v) is 11.5. The molecule has 1 fully saturated rings. The van der Waals surface area contributed by atoms with Gasteiger partial charge in [-0.1, -0.05) is 59.6 Å². The van der Waals surface area contributed by atoms with Crippen LogP contribution in [0.5, 0.6) is 0 Å². The number of thioether (sulfide) groups is 1. The van der Waals surface area contributed by atoms with E-state index in [1.165, 1.54) is 11.1 Å². The molecule has 1 amide bonds. The standard InChI is InChI=1S/C23H29ClN2OS/c1-18-6-8-19(9-7-18)16-26-13-10-20(11-14-26)23(27)25-12-15-28-17-21-4-2-3-5-22(21)24/h2-9,20H,10-17H2,1H3,(H,25,27). The third kappa shape index (κ3) is 6.54. The SMILES string of the molecule is Cc1ccc(CN2CCC(C(=O)NCCSCc3ccccc3Cl)CC2)cc1. The number of amides is 1. The molecule has 1 heterocycles. The van der Waals surface area contributed by atoms with Crippen molar-refractivity contribution >= 4 is 29.3 Å². The second-order valence-corrected chi connectivity index (χ2v) is 8.98. The lowest BCUT2D eigenvalue weighted by atomic mass is 9.95. The van der Waals surface area contributed by atoms with Crippen LogP contribution in [-0.2, 0) is 17.1 Å². The van der Waals surface area contributed by atoms with Crippen molar-refractivity contribution in [1.82, 2.24) is 10.2 Å². The molecule has 1 aliphatic rings. The Hall–Kier alpha value is -1.49. The van der Waals surface area contributed by atoms with E-state index in [9.17, 15) is 4.79 Å². The molecule has 5 heteroatoms. The lowest BCUT2D eigenvalue weighted by Crippen LogP contribution is -2.40. The van der Waals surface area contributed by atoms with E-state index in [1.807, 2.05) is 18.2 Å². The summed E-state index contributed by atoms with van der Waals surface area (Å²) in [7, 11) is 0. The van der Waals surface area contributed by atoms with Crippen LogP contribution in [0.2, 0.25) is 5.02 Å². The Morgan fingerprint density at radius 3 is 2.57 bits per heavy atom. The van der Waals surface area contributed by atoms with Gasteiger partial charge in [-0.15, -0.1) is 0 Å². The van der Waals surface area contributed by atoms with Gasteiger partial charge in [-0.3, -0.25) is 9.69 Å². The first kappa shape index (κ1) is 21.2.